The largest absolute Gasteiger partial charge is 0.371 e. The predicted molar refractivity (Wildman–Crippen MR) is 76.6 cm³/mol. The zero-order chi connectivity index (χ0) is 12.5. The lowest BCUT2D eigenvalue weighted by atomic mass is 10.2. The molecule has 0 N–H and O–H groups in total. The fourth-order valence-corrected chi connectivity index (χ4v) is 3.26. The molecule has 0 saturated carbocycles. The van der Waals surface area contributed by atoms with Gasteiger partial charge >= 0.3 is 0 Å². The van der Waals surface area contributed by atoms with Crippen molar-refractivity contribution in [3.63, 3.8) is 0 Å². The van der Waals surface area contributed by atoms with E-state index in [2.05, 4.69) is 39.9 Å². The van der Waals surface area contributed by atoms with E-state index in [9.17, 15) is 0 Å². The Hall–Kier alpha value is -0.610. The number of anilines is 1. The molecule has 1 aromatic heterocycles. The first kappa shape index (κ1) is 12.4. The van der Waals surface area contributed by atoms with Crippen molar-refractivity contribution in [3.8, 4) is 0 Å². The van der Waals surface area contributed by atoms with Crippen LogP contribution >= 0.6 is 15.9 Å². The molecule has 1 aliphatic heterocycles. The Morgan fingerprint density at radius 1 is 1.39 bits per heavy atom. The molecule has 0 aromatic carbocycles. The number of ether oxygens (including phenoxy) is 1. The van der Waals surface area contributed by atoms with Gasteiger partial charge in [-0.1, -0.05) is 22.0 Å². The summed E-state index contributed by atoms with van der Waals surface area (Å²) in [7, 11) is 0. The molecule has 1 aromatic rings. The first-order valence-electron chi connectivity index (χ1n) is 6.71. The Bertz CT molecular complexity index is 438. The van der Waals surface area contributed by atoms with Gasteiger partial charge in [0.1, 0.15) is 5.82 Å². The SMILES string of the molecule is CC1CN(c2ccc3c(n2)CCC3)CC(CBr)O1. The molecule has 4 heteroatoms. The van der Waals surface area contributed by atoms with Crippen LogP contribution in [0.3, 0.4) is 0 Å². The van der Waals surface area contributed by atoms with Crippen molar-refractivity contribution in [3.05, 3.63) is 23.4 Å². The summed E-state index contributed by atoms with van der Waals surface area (Å²) < 4.78 is 5.86. The summed E-state index contributed by atoms with van der Waals surface area (Å²) in [5, 5.41) is 0.888. The maximum absolute atomic E-state index is 5.86. The van der Waals surface area contributed by atoms with Crippen molar-refractivity contribution in [2.24, 2.45) is 0 Å². The average Bonchev–Trinajstić information content (AvgIpc) is 2.85. The van der Waals surface area contributed by atoms with Crippen LogP contribution in [-0.2, 0) is 17.6 Å². The summed E-state index contributed by atoms with van der Waals surface area (Å²) >= 11 is 3.52. The minimum atomic E-state index is 0.267. The van der Waals surface area contributed by atoms with Crippen LogP contribution in [0.4, 0.5) is 5.82 Å². The number of morpholine rings is 1. The Balaban J connectivity index is 1.81. The molecule has 1 saturated heterocycles. The van der Waals surface area contributed by atoms with Gasteiger partial charge in [-0.25, -0.2) is 4.98 Å². The standard InChI is InChI=1S/C14H19BrN2O/c1-10-8-17(9-12(7-15)18-10)14-6-5-11-3-2-4-13(11)16-14/h5-6,10,12H,2-4,7-9H2,1H3. The van der Waals surface area contributed by atoms with Crippen LogP contribution in [0.2, 0.25) is 0 Å². The van der Waals surface area contributed by atoms with Gasteiger partial charge in [-0.3, -0.25) is 0 Å². The summed E-state index contributed by atoms with van der Waals surface area (Å²) in [4.78, 5) is 7.20. The van der Waals surface area contributed by atoms with E-state index in [4.69, 9.17) is 9.72 Å². The normalized spacial score (nSPS) is 27.3. The number of halogens is 1. The second-order valence-electron chi connectivity index (χ2n) is 5.26. The quantitative estimate of drug-likeness (QED) is 0.785. The van der Waals surface area contributed by atoms with Crippen molar-refractivity contribution in [1.82, 2.24) is 4.98 Å². The molecule has 2 aliphatic rings. The highest BCUT2D eigenvalue weighted by atomic mass is 79.9. The van der Waals surface area contributed by atoms with Gasteiger partial charge in [0.05, 0.1) is 12.2 Å². The van der Waals surface area contributed by atoms with Gasteiger partial charge in [0.15, 0.2) is 0 Å². The zero-order valence-electron chi connectivity index (χ0n) is 10.7. The van der Waals surface area contributed by atoms with Gasteiger partial charge < -0.3 is 9.64 Å². The third-order valence-electron chi connectivity index (χ3n) is 3.74. The molecule has 2 unspecified atom stereocenters. The van der Waals surface area contributed by atoms with E-state index in [-0.39, 0.29) is 12.2 Å². The van der Waals surface area contributed by atoms with Gasteiger partial charge in [0.25, 0.3) is 0 Å². The number of fused-ring (bicyclic) bond motifs is 1. The molecule has 2 heterocycles. The fourth-order valence-electron chi connectivity index (χ4n) is 2.90. The molecule has 3 rings (SSSR count). The second kappa shape index (κ2) is 5.17. The van der Waals surface area contributed by atoms with Crippen LogP contribution in [0, 0.1) is 0 Å². The summed E-state index contributed by atoms with van der Waals surface area (Å²) in [5.41, 5.74) is 2.75. The van der Waals surface area contributed by atoms with Crippen LogP contribution in [0.15, 0.2) is 12.1 Å². The predicted octanol–water partition coefficient (Wildman–Crippen LogP) is 2.56. The Labute approximate surface area is 117 Å². The van der Waals surface area contributed by atoms with Crippen LogP contribution < -0.4 is 4.90 Å². The molecule has 98 valence electrons. The van der Waals surface area contributed by atoms with Crippen LogP contribution in [-0.4, -0.2) is 35.6 Å². The van der Waals surface area contributed by atoms with E-state index in [0.717, 1.165) is 30.7 Å². The van der Waals surface area contributed by atoms with Crippen molar-refractivity contribution in [1.29, 1.82) is 0 Å². The summed E-state index contributed by atoms with van der Waals surface area (Å²) in [6.07, 6.45) is 4.15. The van der Waals surface area contributed by atoms with Crippen molar-refractivity contribution >= 4 is 21.7 Å². The Morgan fingerprint density at radius 2 is 2.28 bits per heavy atom. The maximum atomic E-state index is 5.86. The zero-order valence-corrected chi connectivity index (χ0v) is 12.3. The first-order chi connectivity index (χ1) is 8.76. The molecule has 18 heavy (non-hydrogen) atoms. The van der Waals surface area contributed by atoms with Gasteiger partial charge in [-0.05, 0) is 37.8 Å². The van der Waals surface area contributed by atoms with Crippen molar-refractivity contribution < 1.29 is 4.74 Å². The number of hydrogen-bond acceptors (Lipinski definition) is 3. The highest BCUT2D eigenvalue weighted by Gasteiger charge is 2.26. The summed E-state index contributed by atoms with van der Waals surface area (Å²) in [6, 6.07) is 4.43. The number of aromatic nitrogens is 1. The fraction of sp³-hybridized carbons (Fsp3) is 0.643. The molecule has 3 nitrogen and oxygen atoms in total. The Morgan fingerprint density at radius 3 is 3.11 bits per heavy atom. The minimum Gasteiger partial charge on any atom is -0.371 e. The number of hydrogen-bond donors (Lipinski definition) is 0. The van der Waals surface area contributed by atoms with Crippen LogP contribution in [0.5, 0.6) is 0 Å². The van der Waals surface area contributed by atoms with E-state index in [1.165, 1.54) is 24.1 Å². The van der Waals surface area contributed by atoms with E-state index >= 15 is 0 Å². The molecule has 0 amide bonds. The molecule has 2 atom stereocenters. The monoisotopic (exact) mass is 310 g/mol. The highest BCUT2D eigenvalue weighted by Crippen LogP contribution is 2.25. The molecule has 1 aliphatic carbocycles. The Kier molecular flexibility index (Phi) is 3.57. The molecule has 0 bridgehead atoms. The molecular formula is C14H19BrN2O. The minimum absolute atomic E-state index is 0.267. The lowest BCUT2D eigenvalue weighted by Gasteiger charge is -2.37. The van der Waals surface area contributed by atoms with Crippen molar-refractivity contribution in [2.45, 2.75) is 38.4 Å². The average molecular weight is 311 g/mol. The maximum Gasteiger partial charge on any atom is 0.128 e. The van der Waals surface area contributed by atoms with E-state index in [1.54, 1.807) is 0 Å². The van der Waals surface area contributed by atoms with Crippen molar-refractivity contribution in [2.75, 3.05) is 23.3 Å². The van der Waals surface area contributed by atoms with Gasteiger partial charge in [0, 0.05) is 24.1 Å². The van der Waals surface area contributed by atoms with E-state index in [1.807, 2.05) is 0 Å². The summed E-state index contributed by atoms with van der Waals surface area (Å²) in [6.45, 7) is 4.01. The van der Waals surface area contributed by atoms with E-state index < -0.39 is 0 Å². The number of alkyl halides is 1. The van der Waals surface area contributed by atoms with Gasteiger partial charge in [-0.2, -0.15) is 0 Å². The van der Waals surface area contributed by atoms with Crippen LogP contribution in [0.25, 0.3) is 0 Å². The second-order valence-corrected chi connectivity index (χ2v) is 5.90. The number of rotatable bonds is 2. The van der Waals surface area contributed by atoms with E-state index in [0.29, 0.717) is 0 Å². The molecule has 1 fully saturated rings. The van der Waals surface area contributed by atoms with Gasteiger partial charge in [-0.15, -0.1) is 0 Å². The highest BCUT2D eigenvalue weighted by molar-refractivity contribution is 9.09. The number of aryl methyl sites for hydroxylation is 2. The third-order valence-corrected chi connectivity index (χ3v) is 4.46. The third kappa shape index (κ3) is 2.41. The molecule has 0 radical (unpaired) electrons. The summed E-state index contributed by atoms with van der Waals surface area (Å²) in [5.74, 6) is 1.12. The lowest BCUT2D eigenvalue weighted by molar-refractivity contribution is -0.00224. The smallest absolute Gasteiger partial charge is 0.128 e. The topological polar surface area (TPSA) is 25.4 Å². The molecular weight excluding hydrogens is 292 g/mol. The van der Waals surface area contributed by atoms with Crippen LogP contribution in [0.1, 0.15) is 24.6 Å². The number of nitrogens with zero attached hydrogens (tertiary/aromatic N) is 2. The first-order valence-corrected chi connectivity index (χ1v) is 7.83. The number of pyridine rings is 1. The molecule has 0 spiro atoms. The van der Waals surface area contributed by atoms with Gasteiger partial charge in [0.2, 0.25) is 0 Å². The lowest BCUT2D eigenvalue weighted by Crippen LogP contribution is -2.47.